The van der Waals surface area contributed by atoms with Crippen LogP contribution in [0.25, 0.3) is 10.9 Å². The van der Waals surface area contributed by atoms with Crippen molar-refractivity contribution in [1.29, 1.82) is 5.26 Å². The number of pyridine rings is 2. The van der Waals surface area contributed by atoms with Gasteiger partial charge in [0, 0.05) is 42.1 Å². The molecule has 2 N–H and O–H groups in total. The number of hydrogen-bond acceptors (Lipinski definition) is 7. The first kappa shape index (κ1) is 25.8. The van der Waals surface area contributed by atoms with E-state index in [9.17, 15) is 9.65 Å². The summed E-state index contributed by atoms with van der Waals surface area (Å²) in [4.78, 5) is 8.80. The van der Waals surface area contributed by atoms with Gasteiger partial charge >= 0.3 is 0 Å². The average molecular weight is 549 g/mol. The maximum Gasteiger partial charge on any atom is 0.123 e. The lowest BCUT2D eigenvalue weighted by molar-refractivity contribution is 0.610. The van der Waals surface area contributed by atoms with Crippen LogP contribution in [0.1, 0.15) is 41.4 Å². The number of nitrogens with zero attached hydrogens (tertiary/aromatic N) is 6. The van der Waals surface area contributed by atoms with Crippen LogP contribution >= 0.6 is 11.6 Å². The number of halogens is 2. The molecule has 1 unspecified atom stereocenters. The van der Waals surface area contributed by atoms with Gasteiger partial charge in [-0.05, 0) is 54.8 Å². The molecule has 3 heterocycles. The SMILES string of the molecule is [B]C(Nc1cc(Cl)c2ncc(C#N)c(NCCc3ccccn3)c2c1)(c1ccc(F)cc1)c1cn(C2CC2)nn1. The van der Waals surface area contributed by atoms with E-state index < -0.39 is 5.44 Å². The predicted octanol–water partition coefficient (Wildman–Crippen LogP) is 5.36. The number of benzene rings is 2. The van der Waals surface area contributed by atoms with E-state index in [-0.39, 0.29) is 5.82 Å². The molecule has 40 heavy (non-hydrogen) atoms. The van der Waals surface area contributed by atoms with E-state index in [1.54, 1.807) is 24.4 Å². The molecular formula is C29H23BClFN8. The topological polar surface area (TPSA) is 104 Å². The standard InChI is InChI=1S/C29H23BClFN8/c30-29(19-4-6-20(32)7-5-19,26-17-40(39-38-26)23-8-9-23)37-22-13-24-27(35-12-10-21-3-1-2-11-34-21)18(15-33)16-36-28(24)25(31)14-22/h1-7,11,13-14,16-17,23,37H,8-10,12H2,(H,35,36). The monoisotopic (exact) mass is 548 g/mol. The normalized spacial score (nSPS) is 14.4. The summed E-state index contributed by atoms with van der Waals surface area (Å²) in [5.41, 5.74) is 2.73. The van der Waals surface area contributed by atoms with Gasteiger partial charge in [-0.2, -0.15) is 5.26 Å². The lowest BCUT2D eigenvalue weighted by Gasteiger charge is -2.32. The van der Waals surface area contributed by atoms with Gasteiger partial charge in [-0.15, -0.1) is 5.10 Å². The Kier molecular flexibility index (Phi) is 6.82. The second-order valence-corrected chi connectivity index (χ2v) is 10.2. The van der Waals surface area contributed by atoms with Crippen molar-refractivity contribution in [2.45, 2.75) is 30.7 Å². The molecule has 1 fully saturated rings. The van der Waals surface area contributed by atoms with Crippen molar-refractivity contribution >= 4 is 41.7 Å². The molecular weight excluding hydrogens is 526 g/mol. The highest BCUT2D eigenvalue weighted by Crippen LogP contribution is 2.38. The third-order valence-corrected chi connectivity index (χ3v) is 7.22. The molecule has 8 nitrogen and oxygen atoms in total. The second kappa shape index (κ2) is 10.6. The molecule has 5 aromatic rings. The molecule has 1 aliphatic carbocycles. The summed E-state index contributed by atoms with van der Waals surface area (Å²) in [6, 6.07) is 17.8. The Morgan fingerprint density at radius 3 is 2.70 bits per heavy atom. The molecule has 1 atom stereocenters. The molecule has 0 bridgehead atoms. The Morgan fingerprint density at radius 1 is 1.15 bits per heavy atom. The Morgan fingerprint density at radius 2 is 1.98 bits per heavy atom. The van der Waals surface area contributed by atoms with E-state index in [4.69, 9.17) is 19.4 Å². The smallest absolute Gasteiger partial charge is 0.123 e. The van der Waals surface area contributed by atoms with Crippen molar-refractivity contribution in [2.75, 3.05) is 17.2 Å². The first-order valence-electron chi connectivity index (χ1n) is 12.9. The van der Waals surface area contributed by atoms with Crippen LogP contribution in [0.5, 0.6) is 0 Å². The van der Waals surface area contributed by atoms with Gasteiger partial charge in [-0.1, -0.05) is 35.0 Å². The molecule has 6 rings (SSSR count). The van der Waals surface area contributed by atoms with Crippen molar-refractivity contribution in [3.63, 3.8) is 0 Å². The van der Waals surface area contributed by atoms with Crippen molar-refractivity contribution in [2.24, 2.45) is 0 Å². The van der Waals surface area contributed by atoms with E-state index in [2.05, 4.69) is 37.0 Å². The molecule has 0 saturated heterocycles. The van der Waals surface area contributed by atoms with E-state index >= 15 is 0 Å². The van der Waals surface area contributed by atoms with Gasteiger partial charge < -0.3 is 10.6 Å². The highest BCUT2D eigenvalue weighted by atomic mass is 35.5. The van der Waals surface area contributed by atoms with Gasteiger partial charge in [-0.25, -0.2) is 9.07 Å². The van der Waals surface area contributed by atoms with Crippen LogP contribution in [0.4, 0.5) is 15.8 Å². The van der Waals surface area contributed by atoms with Crippen LogP contribution in [0.2, 0.25) is 5.02 Å². The molecule has 3 aromatic heterocycles. The number of nitriles is 1. The predicted molar refractivity (Wildman–Crippen MR) is 153 cm³/mol. The minimum Gasteiger partial charge on any atom is -0.383 e. The molecule has 2 radical (unpaired) electrons. The van der Waals surface area contributed by atoms with Crippen LogP contribution in [0.15, 0.2) is 73.2 Å². The minimum absolute atomic E-state index is 0.309. The van der Waals surface area contributed by atoms with Crippen LogP contribution in [0, 0.1) is 17.1 Å². The van der Waals surface area contributed by atoms with Gasteiger partial charge in [0.25, 0.3) is 0 Å². The molecule has 1 aliphatic rings. The van der Waals surface area contributed by atoms with Gasteiger partial charge in [0.2, 0.25) is 0 Å². The number of fused-ring (bicyclic) bond motifs is 1. The lowest BCUT2D eigenvalue weighted by atomic mass is 9.69. The lowest BCUT2D eigenvalue weighted by Crippen LogP contribution is -2.37. The van der Waals surface area contributed by atoms with E-state index in [1.165, 1.54) is 18.3 Å². The third-order valence-electron chi connectivity index (χ3n) is 6.93. The van der Waals surface area contributed by atoms with Gasteiger partial charge in [-0.3, -0.25) is 9.97 Å². The maximum atomic E-state index is 13.8. The van der Waals surface area contributed by atoms with Crippen LogP contribution in [0.3, 0.4) is 0 Å². The molecule has 11 heteroatoms. The van der Waals surface area contributed by atoms with Crippen molar-refractivity contribution in [3.8, 4) is 6.07 Å². The molecule has 196 valence electrons. The fraction of sp³-hybridized carbons (Fsp3) is 0.207. The first-order valence-corrected chi connectivity index (χ1v) is 13.2. The molecule has 1 saturated carbocycles. The van der Waals surface area contributed by atoms with E-state index in [0.717, 1.165) is 18.5 Å². The fourth-order valence-electron chi connectivity index (χ4n) is 4.67. The number of aromatic nitrogens is 5. The number of anilines is 2. The Bertz CT molecular complexity index is 1720. The number of hydrogen-bond donors (Lipinski definition) is 2. The Hall–Kier alpha value is -4.49. The Balaban J connectivity index is 1.39. The van der Waals surface area contributed by atoms with Crippen LogP contribution in [-0.4, -0.2) is 39.4 Å². The quantitative estimate of drug-likeness (QED) is 0.239. The van der Waals surface area contributed by atoms with Crippen molar-refractivity contribution < 1.29 is 4.39 Å². The second-order valence-electron chi connectivity index (χ2n) is 9.77. The molecule has 0 spiro atoms. The zero-order valence-corrected chi connectivity index (χ0v) is 22.1. The van der Waals surface area contributed by atoms with E-state index in [0.29, 0.717) is 63.1 Å². The maximum absolute atomic E-state index is 13.8. The highest BCUT2D eigenvalue weighted by Gasteiger charge is 2.34. The van der Waals surface area contributed by atoms with Crippen LogP contribution < -0.4 is 10.6 Å². The summed E-state index contributed by atoms with van der Waals surface area (Å²) in [5, 5.41) is 26.2. The summed E-state index contributed by atoms with van der Waals surface area (Å²) in [7, 11) is 7.01. The van der Waals surface area contributed by atoms with Gasteiger partial charge in [0.15, 0.2) is 0 Å². The fourth-order valence-corrected chi connectivity index (χ4v) is 4.94. The summed E-state index contributed by atoms with van der Waals surface area (Å²) in [6.07, 6.45) is 7.81. The number of rotatable bonds is 9. The Labute approximate surface area is 236 Å². The summed E-state index contributed by atoms with van der Waals surface area (Å²) in [5.74, 6) is -0.377. The van der Waals surface area contributed by atoms with Crippen LogP contribution in [-0.2, 0) is 11.9 Å². The zero-order chi connectivity index (χ0) is 27.7. The van der Waals surface area contributed by atoms with Gasteiger partial charge in [0.1, 0.15) is 25.4 Å². The molecule has 2 aromatic carbocycles. The highest BCUT2D eigenvalue weighted by molar-refractivity contribution is 6.36. The van der Waals surface area contributed by atoms with Crippen molar-refractivity contribution in [3.05, 3.63) is 107 Å². The van der Waals surface area contributed by atoms with E-state index in [1.807, 2.05) is 35.1 Å². The number of nitrogens with one attached hydrogen (secondary N) is 2. The summed E-state index contributed by atoms with van der Waals surface area (Å²) in [6.45, 7) is 0.542. The molecule has 0 amide bonds. The average Bonchev–Trinajstić information content (AvgIpc) is 3.69. The zero-order valence-electron chi connectivity index (χ0n) is 21.4. The van der Waals surface area contributed by atoms with Crippen molar-refractivity contribution in [1.82, 2.24) is 25.0 Å². The minimum atomic E-state index is -1.36. The molecule has 0 aliphatic heterocycles. The summed E-state index contributed by atoms with van der Waals surface area (Å²) >= 11 is 6.71. The summed E-state index contributed by atoms with van der Waals surface area (Å²) < 4.78 is 15.6. The third kappa shape index (κ3) is 5.08. The first-order chi connectivity index (χ1) is 19.4. The van der Waals surface area contributed by atoms with Gasteiger partial charge in [0.05, 0.1) is 39.5 Å². The largest absolute Gasteiger partial charge is 0.383 e.